The van der Waals surface area contributed by atoms with Crippen molar-refractivity contribution in [2.24, 2.45) is 0 Å². The number of fused-ring (bicyclic) bond motifs is 1. The highest BCUT2D eigenvalue weighted by atomic mass is 35.5. The van der Waals surface area contributed by atoms with Crippen molar-refractivity contribution in [3.05, 3.63) is 78.8 Å². The number of hydrogen-bond acceptors (Lipinski definition) is 7. The van der Waals surface area contributed by atoms with Crippen LogP contribution in [0.5, 0.6) is 0 Å². The number of H-pyrrole nitrogens is 1. The van der Waals surface area contributed by atoms with E-state index in [-0.39, 0.29) is 50.5 Å². The molecule has 0 radical (unpaired) electrons. The monoisotopic (exact) mass is 545 g/mol. The third-order valence-corrected chi connectivity index (χ3v) is 8.31. The van der Waals surface area contributed by atoms with Gasteiger partial charge >= 0.3 is 5.76 Å². The first kappa shape index (κ1) is 25.8. The zero-order valence-corrected chi connectivity index (χ0v) is 21.2. The number of aromatic nitrogens is 2. The van der Waals surface area contributed by atoms with Crippen LogP contribution in [0, 0.1) is 12.7 Å². The van der Waals surface area contributed by atoms with Crippen molar-refractivity contribution in [1.29, 1.82) is 0 Å². The number of rotatable bonds is 6. The molecular weight excluding hydrogens is 524 g/mol. The van der Waals surface area contributed by atoms with E-state index in [4.69, 9.17) is 32.4 Å². The molecule has 0 fully saturated rings. The summed E-state index contributed by atoms with van der Waals surface area (Å²) in [5, 5.41) is 16.9. The summed E-state index contributed by atoms with van der Waals surface area (Å²) in [5.41, 5.74) is 0.950. The molecule has 2 heterocycles. The molecule has 1 unspecified atom stereocenters. The lowest BCUT2D eigenvalue weighted by Crippen LogP contribution is -2.37. The number of sulfonamides is 1. The average Bonchev–Trinajstić information content (AvgIpc) is 3.20. The van der Waals surface area contributed by atoms with Crippen molar-refractivity contribution in [2.45, 2.75) is 49.8 Å². The zero-order chi connectivity index (χ0) is 25.7. The summed E-state index contributed by atoms with van der Waals surface area (Å²) < 4.78 is 55.0. The second kappa shape index (κ2) is 9.30. The van der Waals surface area contributed by atoms with Gasteiger partial charge in [-0.1, -0.05) is 30.1 Å². The molecule has 1 aliphatic rings. The van der Waals surface area contributed by atoms with Crippen molar-refractivity contribution >= 4 is 33.2 Å². The number of halogens is 3. The fraction of sp³-hybridized carbons (Fsp3) is 0.364. The fourth-order valence-corrected chi connectivity index (χ4v) is 6.45. The topological polar surface area (TPSA) is 135 Å². The van der Waals surface area contributed by atoms with Crippen LogP contribution in [0.2, 0.25) is 10.0 Å². The number of aliphatic hydroxyl groups is 1. The first-order valence-corrected chi connectivity index (χ1v) is 12.8. The number of aromatic amines is 1. The van der Waals surface area contributed by atoms with Gasteiger partial charge in [-0.05, 0) is 61.2 Å². The standard InChI is InChI=1S/C22H22Cl2FN3O6S/c1-10-13(23)4-6-15(25)17(10)11(2)19(20-26-27-21(29)34-20)28-35(31,32)16-7-5-14(24)18-12(16)8-9-33-22(18,3)30/h4-7,11,19,28,30H,8-9H2,1-3H3,(H,27,29)/t11-,19+,22?/m1/s1. The number of nitrogens with one attached hydrogen (secondary N) is 2. The van der Waals surface area contributed by atoms with Crippen LogP contribution in [0.1, 0.15) is 54.0 Å². The Kier molecular flexibility index (Phi) is 6.86. The molecule has 4 rings (SSSR count). The van der Waals surface area contributed by atoms with E-state index in [1.807, 2.05) is 0 Å². The molecule has 0 bridgehead atoms. The Morgan fingerprint density at radius 2 is 1.94 bits per heavy atom. The van der Waals surface area contributed by atoms with Gasteiger partial charge < -0.3 is 14.3 Å². The highest BCUT2D eigenvalue weighted by Gasteiger charge is 2.39. The van der Waals surface area contributed by atoms with Crippen molar-refractivity contribution in [1.82, 2.24) is 14.9 Å². The van der Waals surface area contributed by atoms with Crippen molar-refractivity contribution in [3.8, 4) is 0 Å². The molecule has 188 valence electrons. The average molecular weight is 546 g/mol. The summed E-state index contributed by atoms with van der Waals surface area (Å²) >= 11 is 12.4. The van der Waals surface area contributed by atoms with Crippen LogP contribution >= 0.6 is 23.2 Å². The number of benzene rings is 2. The number of nitrogens with zero attached hydrogens (tertiary/aromatic N) is 1. The number of hydrogen-bond donors (Lipinski definition) is 3. The summed E-state index contributed by atoms with van der Waals surface area (Å²) in [6, 6.07) is 3.91. The van der Waals surface area contributed by atoms with E-state index in [0.29, 0.717) is 5.56 Å². The first-order chi connectivity index (χ1) is 16.3. The van der Waals surface area contributed by atoms with Crippen LogP contribution in [-0.2, 0) is 27.0 Å². The van der Waals surface area contributed by atoms with Crippen LogP contribution in [0.15, 0.2) is 38.4 Å². The maximum Gasteiger partial charge on any atom is 0.434 e. The van der Waals surface area contributed by atoms with E-state index < -0.39 is 39.3 Å². The molecule has 35 heavy (non-hydrogen) atoms. The second-order valence-corrected chi connectivity index (χ2v) is 10.9. The molecule has 13 heteroatoms. The Balaban J connectivity index is 1.84. The number of ether oxygens (including phenoxy) is 1. The lowest BCUT2D eigenvalue weighted by Gasteiger charge is -2.33. The molecule has 3 atom stereocenters. The van der Waals surface area contributed by atoms with Gasteiger partial charge in [-0.25, -0.2) is 22.7 Å². The predicted molar refractivity (Wildman–Crippen MR) is 125 cm³/mol. The van der Waals surface area contributed by atoms with E-state index in [9.17, 15) is 22.7 Å². The van der Waals surface area contributed by atoms with Crippen LogP contribution in [0.25, 0.3) is 0 Å². The third kappa shape index (κ3) is 4.76. The Hall–Kier alpha value is -2.28. The highest BCUT2D eigenvalue weighted by Crippen LogP contribution is 2.40. The van der Waals surface area contributed by atoms with Crippen LogP contribution in [0.4, 0.5) is 4.39 Å². The summed E-state index contributed by atoms with van der Waals surface area (Å²) in [7, 11) is -4.34. The van der Waals surface area contributed by atoms with Gasteiger partial charge in [-0.2, -0.15) is 4.72 Å². The second-order valence-electron chi connectivity index (χ2n) is 8.39. The zero-order valence-electron chi connectivity index (χ0n) is 18.9. The minimum atomic E-state index is -4.34. The molecule has 3 N–H and O–H groups in total. The molecule has 0 aliphatic carbocycles. The van der Waals surface area contributed by atoms with Gasteiger partial charge in [0.25, 0.3) is 0 Å². The van der Waals surface area contributed by atoms with Crippen molar-refractivity contribution in [3.63, 3.8) is 0 Å². The Labute approximate surface area is 210 Å². The highest BCUT2D eigenvalue weighted by molar-refractivity contribution is 7.89. The normalized spacial score (nSPS) is 19.9. The Morgan fingerprint density at radius 1 is 1.26 bits per heavy atom. The van der Waals surface area contributed by atoms with Gasteiger partial charge in [0, 0.05) is 21.5 Å². The van der Waals surface area contributed by atoms with E-state index in [2.05, 4.69) is 14.9 Å². The van der Waals surface area contributed by atoms with E-state index >= 15 is 0 Å². The van der Waals surface area contributed by atoms with Crippen LogP contribution in [0.3, 0.4) is 0 Å². The maximum absolute atomic E-state index is 14.9. The summed E-state index contributed by atoms with van der Waals surface area (Å²) in [6.45, 7) is 4.58. The lowest BCUT2D eigenvalue weighted by atomic mass is 9.90. The van der Waals surface area contributed by atoms with Crippen LogP contribution in [-0.4, -0.2) is 30.3 Å². The molecule has 0 saturated heterocycles. The minimum Gasteiger partial charge on any atom is -0.391 e. The molecule has 0 spiro atoms. The molecule has 0 saturated carbocycles. The summed E-state index contributed by atoms with van der Waals surface area (Å²) in [5.74, 6) is -4.50. The van der Waals surface area contributed by atoms with Gasteiger partial charge in [0.1, 0.15) is 11.9 Å². The molecular formula is C22H22Cl2FN3O6S. The third-order valence-electron chi connectivity index (χ3n) is 6.06. The van der Waals surface area contributed by atoms with E-state index in [1.165, 1.54) is 31.2 Å². The van der Waals surface area contributed by atoms with E-state index in [1.54, 1.807) is 13.8 Å². The predicted octanol–water partition coefficient (Wildman–Crippen LogP) is 3.68. The largest absolute Gasteiger partial charge is 0.434 e. The van der Waals surface area contributed by atoms with Gasteiger partial charge in [-0.3, -0.25) is 0 Å². The van der Waals surface area contributed by atoms with Gasteiger partial charge in [0.15, 0.2) is 5.79 Å². The molecule has 0 amide bonds. The van der Waals surface area contributed by atoms with Gasteiger partial charge in [-0.15, -0.1) is 5.10 Å². The fourth-order valence-electron chi connectivity index (χ4n) is 4.39. The van der Waals surface area contributed by atoms with Crippen molar-refractivity contribution in [2.75, 3.05) is 6.61 Å². The maximum atomic E-state index is 14.9. The summed E-state index contributed by atoms with van der Waals surface area (Å²) in [4.78, 5) is 11.5. The SMILES string of the molecule is Cc1c(Cl)ccc(F)c1[C@@H](C)[C@H](NS(=O)(=O)c1ccc(Cl)c2c1CCOC2(C)O)c1n[nH]c(=O)o1. The Morgan fingerprint density at radius 3 is 2.60 bits per heavy atom. The minimum absolute atomic E-state index is 0.0594. The van der Waals surface area contributed by atoms with Gasteiger partial charge in [0.05, 0.1) is 11.5 Å². The Bertz CT molecular complexity index is 1450. The first-order valence-electron chi connectivity index (χ1n) is 10.5. The van der Waals surface area contributed by atoms with Crippen LogP contribution < -0.4 is 10.5 Å². The van der Waals surface area contributed by atoms with Gasteiger partial charge in [0.2, 0.25) is 15.9 Å². The smallest absolute Gasteiger partial charge is 0.391 e. The van der Waals surface area contributed by atoms with E-state index in [0.717, 1.165) is 0 Å². The molecule has 3 aromatic rings. The molecule has 2 aromatic carbocycles. The molecule has 9 nitrogen and oxygen atoms in total. The lowest BCUT2D eigenvalue weighted by molar-refractivity contribution is -0.205. The molecule has 1 aromatic heterocycles. The van der Waals surface area contributed by atoms with Crippen molar-refractivity contribution < 1.29 is 27.1 Å². The quantitative estimate of drug-likeness (QED) is 0.430. The molecule has 1 aliphatic heterocycles. The summed E-state index contributed by atoms with van der Waals surface area (Å²) in [6.07, 6.45) is 0.169.